The van der Waals surface area contributed by atoms with Gasteiger partial charge in [0.2, 0.25) is 0 Å². The number of phosphoric acid groups is 2. The molecule has 107 heavy (non-hydrogen) atoms. The molecule has 0 amide bonds. The molecule has 0 rings (SSSR count). The van der Waals surface area contributed by atoms with Crippen LogP contribution in [0.15, 0.2) is 170 Å². The van der Waals surface area contributed by atoms with Gasteiger partial charge in [0.1, 0.15) is 25.4 Å². The average Bonchev–Trinajstić information content (AvgIpc) is 0.918. The Kier molecular flexibility index (Phi) is 76.6. The van der Waals surface area contributed by atoms with Gasteiger partial charge in [-0.3, -0.25) is 32.5 Å². The molecule has 610 valence electrons. The molecule has 16 nitrogen and oxygen atoms in total. The van der Waals surface area contributed by atoms with Crippen molar-refractivity contribution in [3.63, 3.8) is 0 Å². The second-order valence-electron chi connectivity index (χ2n) is 27.2. The fourth-order valence-electron chi connectivity index (χ4n) is 10.7. The third-order valence-corrected chi connectivity index (χ3v) is 18.8. The lowest BCUT2D eigenvalue weighted by Gasteiger charge is -2.21. The second-order valence-corrected chi connectivity index (χ2v) is 30.1. The van der Waals surface area contributed by atoms with Crippen LogP contribution < -0.4 is 0 Å². The number of hydrogen-bond donors (Lipinski definition) is 4. The molecule has 0 saturated heterocycles. The van der Waals surface area contributed by atoms with Gasteiger partial charge in [-0.2, -0.15) is 0 Å². The highest BCUT2D eigenvalue weighted by molar-refractivity contribution is 7.47. The summed E-state index contributed by atoms with van der Waals surface area (Å²) in [4.78, 5) is 58.8. The molecule has 0 aliphatic carbocycles. The highest BCUT2D eigenvalue weighted by Crippen LogP contribution is 2.45. The van der Waals surface area contributed by atoms with Gasteiger partial charge in [0, 0.05) is 19.3 Å². The molecule has 5 unspecified atom stereocenters. The first-order valence-electron chi connectivity index (χ1n) is 41.4. The zero-order valence-corrected chi connectivity index (χ0v) is 68.5. The smallest absolute Gasteiger partial charge is 0.463 e. The van der Waals surface area contributed by atoms with Crippen molar-refractivity contribution in [3.05, 3.63) is 170 Å². The summed E-state index contributed by atoms with van der Waals surface area (Å²) in [5, 5.41) is 20.7. The highest BCUT2D eigenvalue weighted by Gasteiger charge is 2.29. The lowest BCUT2D eigenvalue weighted by molar-refractivity contribution is -0.161. The minimum Gasteiger partial charge on any atom is -0.463 e. The third kappa shape index (κ3) is 81.7. The van der Waals surface area contributed by atoms with E-state index in [0.29, 0.717) is 19.3 Å². The maximum Gasteiger partial charge on any atom is 0.472 e. The fourth-order valence-corrected chi connectivity index (χ4v) is 12.3. The number of aliphatic hydroxyl groups is 2. The van der Waals surface area contributed by atoms with Gasteiger partial charge >= 0.3 is 33.6 Å². The maximum absolute atomic E-state index is 13.0. The number of ether oxygens (including phenoxy) is 3. The number of carbonyl (C=O) groups excluding carboxylic acids is 3. The van der Waals surface area contributed by atoms with Gasteiger partial charge < -0.3 is 34.2 Å². The van der Waals surface area contributed by atoms with E-state index in [1.165, 1.54) is 83.5 Å². The van der Waals surface area contributed by atoms with Gasteiger partial charge in [-0.05, 0) is 154 Å². The largest absolute Gasteiger partial charge is 0.472 e. The molecule has 4 N–H and O–H groups in total. The highest BCUT2D eigenvalue weighted by atomic mass is 31.2. The average molecular weight is 1540 g/mol. The molecule has 0 fully saturated rings. The minimum atomic E-state index is -4.95. The zero-order chi connectivity index (χ0) is 78.0. The van der Waals surface area contributed by atoms with Crippen molar-refractivity contribution in [1.82, 2.24) is 0 Å². The first-order valence-corrected chi connectivity index (χ1v) is 44.4. The van der Waals surface area contributed by atoms with E-state index in [0.717, 1.165) is 173 Å². The van der Waals surface area contributed by atoms with Crippen molar-refractivity contribution in [1.29, 1.82) is 0 Å². The predicted molar refractivity (Wildman–Crippen MR) is 445 cm³/mol. The molecule has 0 aliphatic heterocycles. The predicted octanol–water partition coefficient (Wildman–Crippen LogP) is 24.8. The van der Waals surface area contributed by atoms with E-state index in [-0.39, 0.29) is 19.3 Å². The minimum absolute atomic E-state index is 0.0759. The molecule has 0 aromatic rings. The third-order valence-electron chi connectivity index (χ3n) is 16.9. The summed E-state index contributed by atoms with van der Waals surface area (Å²) < 4.78 is 61.2. The topological polar surface area (TPSA) is 231 Å². The first kappa shape index (κ1) is 102. The Balaban J connectivity index is 4.64. The number of phosphoric ester groups is 2. The van der Waals surface area contributed by atoms with E-state index in [2.05, 4.69) is 191 Å². The van der Waals surface area contributed by atoms with Crippen LogP contribution in [0.4, 0.5) is 0 Å². The number of carbonyl (C=O) groups is 3. The molecule has 0 saturated carbocycles. The van der Waals surface area contributed by atoms with Gasteiger partial charge in [0.15, 0.2) is 6.10 Å². The summed E-state index contributed by atoms with van der Waals surface area (Å²) >= 11 is 0. The molecule has 0 radical (unpaired) electrons. The van der Waals surface area contributed by atoms with Gasteiger partial charge in [-0.1, -0.05) is 313 Å². The summed E-state index contributed by atoms with van der Waals surface area (Å²) in [7, 11) is -9.82. The van der Waals surface area contributed by atoms with Crippen molar-refractivity contribution in [2.45, 2.75) is 334 Å². The molecule has 0 aliphatic rings. The zero-order valence-electron chi connectivity index (χ0n) is 66.7. The van der Waals surface area contributed by atoms with Crippen molar-refractivity contribution < 1.29 is 75.8 Å². The molecule has 0 heterocycles. The monoisotopic (exact) mass is 1540 g/mol. The summed E-state index contributed by atoms with van der Waals surface area (Å²) in [6.07, 6.45) is 102. The van der Waals surface area contributed by atoms with Crippen LogP contribution in [0.2, 0.25) is 0 Å². The molecular formula is C89H148O16P2. The van der Waals surface area contributed by atoms with E-state index in [1.54, 1.807) is 0 Å². The lowest BCUT2D eigenvalue weighted by Crippen LogP contribution is -2.30. The molecule has 0 bridgehead atoms. The molecule has 5 atom stereocenters. The van der Waals surface area contributed by atoms with Gasteiger partial charge in [-0.25, -0.2) is 9.13 Å². The van der Waals surface area contributed by atoms with E-state index in [4.69, 9.17) is 32.3 Å². The van der Waals surface area contributed by atoms with Crippen LogP contribution in [0.5, 0.6) is 0 Å². The van der Waals surface area contributed by atoms with Crippen LogP contribution in [0, 0.1) is 0 Å². The van der Waals surface area contributed by atoms with Gasteiger partial charge in [0.25, 0.3) is 0 Å². The maximum atomic E-state index is 13.0. The number of aliphatic hydroxyl groups excluding tert-OH is 2. The summed E-state index contributed by atoms with van der Waals surface area (Å²) in [5.74, 6) is -1.63. The molecule has 0 aromatic carbocycles. The number of hydrogen-bond acceptors (Lipinski definition) is 14. The Morgan fingerprint density at radius 1 is 0.271 bits per heavy atom. The van der Waals surface area contributed by atoms with Gasteiger partial charge in [-0.15, -0.1) is 0 Å². The number of unbranched alkanes of at least 4 members (excludes halogenated alkanes) is 26. The molecule has 0 aromatic heterocycles. The van der Waals surface area contributed by atoms with Crippen LogP contribution in [0.25, 0.3) is 0 Å². The number of rotatable bonds is 77. The molecular weight excluding hydrogens is 1390 g/mol. The van der Waals surface area contributed by atoms with Crippen LogP contribution in [0.1, 0.15) is 316 Å². The van der Waals surface area contributed by atoms with E-state index in [9.17, 15) is 43.5 Å². The summed E-state index contributed by atoms with van der Waals surface area (Å²) in [6, 6.07) is 0. The second kappa shape index (κ2) is 80.4. The Morgan fingerprint density at radius 3 is 0.785 bits per heavy atom. The standard InChI is InChI=1S/C89H148O16P2/c1-4-7-10-13-16-19-22-25-28-31-34-36-38-39-40-41-42-43-45-47-49-51-54-57-60-63-66-69-72-75-87(92)99-78-84(90)79-101-106(95,96)102-80-85(91)81-103-107(97,98)104-83-86(105-89(94)77-74-71-68-65-62-59-56-53-48-33-30-27-24-21-18-15-12-9-6-3)82-100-88(93)76-73-70-67-64-61-58-55-52-50-46-44-37-35-32-29-26-23-20-17-14-11-8-5-2/h8-9,11-12,16-21,25-30,34-37,39-40,46,48,50,53,55,58,84-86,90-91H,4-7,10,13-15,22-24,31-33,38,41-45,47,49,51-52,54,56-57,59-83H2,1-3H3,(H,95,96)(H,97,98)/b11-8-,12-9-,19-16-,20-17-,21-18-,28-25-,29-26-,30-27-,36-34-,37-35-,40-39-,50-46-,53-48-,58-55-. The Hall–Kier alpha value is -5.09. The summed E-state index contributed by atoms with van der Waals surface area (Å²) in [5.41, 5.74) is 0. The van der Waals surface area contributed by atoms with Gasteiger partial charge in [0.05, 0.1) is 26.4 Å². The van der Waals surface area contributed by atoms with Crippen LogP contribution in [-0.2, 0) is 55.8 Å². The van der Waals surface area contributed by atoms with Crippen molar-refractivity contribution in [3.8, 4) is 0 Å². The Bertz CT molecular complexity index is 2620. The normalized spacial score (nSPS) is 14.8. The Labute approximate surface area is 650 Å². The summed E-state index contributed by atoms with van der Waals surface area (Å²) in [6.45, 7) is 2.38. The van der Waals surface area contributed by atoms with Crippen molar-refractivity contribution >= 4 is 33.6 Å². The quantitative estimate of drug-likeness (QED) is 0.0146. The number of esters is 3. The Morgan fingerprint density at radius 2 is 0.495 bits per heavy atom. The number of allylic oxidation sites excluding steroid dienone is 28. The van der Waals surface area contributed by atoms with E-state index < -0.39 is 91.5 Å². The van der Waals surface area contributed by atoms with E-state index >= 15 is 0 Å². The van der Waals surface area contributed by atoms with Crippen LogP contribution >= 0.6 is 15.6 Å². The van der Waals surface area contributed by atoms with Crippen LogP contribution in [0.3, 0.4) is 0 Å². The first-order chi connectivity index (χ1) is 52.2. The molecule has 18 heteroatoms. The lowest BCUT2D eigenvalue weighted by atomic mass is 10.0. The SMILES string of the molecule is CC/C=C\C/C=C\C/C=C\C/C=C\C/C=C\C/C=C\CCCCCCC(=O)OCC(COP(=O)(O)OCC(O)COP(=O)(O)OCC(O)COC(=O)CCCCCCCCCCCCCCC/C=C\C/C=C\C/C=C\C/C=C\CCCCC)OC(=O)CCCCCCCC/C=C\C/C=C\C/C=C\C/C=C\CC. The van der Waals surface area contributed by atoms with Crippen LogP contribution in [-0.4, -0.2) is 95.9 Å². The fraction of sp³-hybridized carbons (Fsp3) is 0.652. The molecule has 0 spiro atoms. The van der Waals surface area contributed by atoms with E-state index in [1.807, 2.05) is 0 Å². The van der Waals surface area contributed by atoms with Crippen molar-refractivity contribution in [2.24, 2.45) is 0 Å². The van der Waals surface area contributed by atoms with Crippen molar-refractivity contribution in [2.75, 3.05) is 39.6 Å².